The van der Waals surface area contributed by atoms with E-state index in [1.807, 2.05) is 32.0 Å². The van der Waals surface area contributed by atoms with Crippen molar-refractivity contribution in [3.05, 3.63) is 35.4 Å². The molecular weight excluding hydrogens is 212 g/mol. The number of ether oxygens (including phenoxy) is 1. The molecule has 0 aromatic heterocycles. The predicted octanol–water partition coefficient (Wildman–Crippen LogP) is 3.20. The van der Waals surface area contributed by atoms with Gasteiger partial charge in [-0.05, 0) is 43.7 Å². The highest BCUT2D eigenvalue weighted by molar-refractivity contribution is 5.37. The third-order valence-electron chi connectivity index (χ3n) is 3.64. The van der Waals surface area contributed by atoms with E-state index in [-0.39, 0.29) is 6.10 Å². The van der Waals surface area contributed by atoms with Gasteiger partial charge in [0.1, 0.15) is 5.60 Å². The van der Waals surface area contributed by atoms with E-state index in [1.54, 1.807) is 0 Å². The molecule has 2 rings (SSSR count). The Kier molecular flexibility index (Phi) is 3.55. The van der Waals surface area contributed by atoms with E-state index >= 15 is 0 Å². The summed E-state index contributed by atoms with van der Waals surface area (Å²) in [5.41, 5.74) is 1.53. The van der Waals surface area contributed by atoms with Gasteiger partial charge >= 0.3 is 0 Å². The van der Waals surface area contributed by atoms with Gasteiger partial charge in [0.15, 0.2) is 0 Å². The lowest BCUT2D eigenvalue weighted by atomic mass is 9.75. The van der Waals surface area contributed by atoms with Crippen LogP contribution in [0.15, 0.2) is 24.3 Å². The third kappa shape index (κ3) is 2.53. The lowest BCUT2D eigenvalue weighted by Gasteiger charge is -2.37. The van der Waals surface area contributed by atoms with Crippen LogP contribution in [0, 0.1) is 0 Å². The van der Waals surface area contributed by atoms with Crippen LogP contribution in [0.3, 0.4) is 0 Å². The summed E-state index contributed by atoms with van der Waals surface area (Å²) in [5.74, 6) is 0.533. The molecule has 0 fully saturated rings. The molecule has 1 aromatic rings. The zero-order valence-electron chi connectivity index (χ0n) is 10.9. The molecule has 0 amide bonds. The Morgan fingerprint density at radius 2 is 2.12 bits per heavy atom. The number of aliphatic hydroxyl groups is 1. The van der Waals surface area contributed by atoms with E-state index in [9.17, 15) is 5.11 Å². The van der Waals surface area contributed by atoms with Crippen LogP contribution >= 0.6 is 0 Å². The molecule has 0 saturated carbocycles. The summed E-state index contributed by atoms with van der Waals surface area (Å²) in [5, 5.41) is 10.8. The summed E-state index contributed by atoms with van der Waals surface area (Å²) in [4.78, 5) is 0. The van der Waals surface area contributed by atoms with Gasteiger partial charge < -0.3 is 9.84 Å². The monoisotopic (exact) mass is 234 g/mol. The smallest absolute Gasteiger partial charge is 0.113 e. The van der Waals surface area contributed by atoms with Gasteiger partial charge in [-0.15, -0.1) is 0 Å². The summed E-state index contributed by atoms with van der Waals surface area (Å²) in [6.45, 7) is 6.62. The SMILES string of the molecule is CC(C)OCC1(O)CCC(C)c2ccccc21. The second-order valence-corrected chi connectivity index (χ2v) is 5.42. The molecule has 0 saturated heterocycles. The molecule has 0 radical (unpaired) electrons. The second-order valence-electron chi connectivity index (χ2n) is 5.42. The summed E-state index contributed by atoms with van der Waals surface area (Å²) in [6, 6.07) is 8.20. The third-order valence-corrected chi connectivity index (χ3v) is 3.64. The zero-order chi connectivity index (χ0) is 12.5. The predicted molar refractivity (Wildman–Crippen MR) is 69.1 cm³/mol. The minimum absolute atomic E-state index is 0.158. The highest BCUT2D eigenvalue weighted by atomic mass is 16.5. The second kappa shape index (κ2) is 4.79. The minimum Gasteiger partial charge on any atom is -0.383 e. The van der Waals surface area contributed by atoms with E-state index in [0.717, 1.165) is 18.4 Å². The number of hydrogen-bond donors (Lipinski definition) is 1. The fourth-order valence-corrected chi connectivity index (χ4v) is 2.55. The van der Waals surface area contributed by atoms with Gasteiger partial charge in [-0.25, -0.2) is 0 Å². The Hall–Kier alpha value is -0.860. The molecular formula is C15H22O2. The molecule has 0 bridgehead atoms. The highest BCUT2D eigenvalue weighted by Crippen LogP contribution is 2.41. The van der Waals surface area contributed by atoms with Crippen molar-refractivity contribution in [1.29, 1.82) is 0 Å². The maximum absolute atomic E-state index is 10.8. The van der Waals surface area contributed by atoms with Gasteiger partial charge in [-0.1, -0.05) is 31.2 Å². The van der Waals surface area contributed by atoms with Crippen LogP contribution < -0.4 is 0 Å². The van der Waals surface area contributed by atoms with Crippen molar-refractivity contribution in [1.82, 2.24) is 0 Å². The largest absolute Gasteiger partial charge is 0.383 e. The van der Waals surface area contributed by atoms with Crippen molar-refractivity contribution in [2.24, 2.45) is 0 Å². The van der Waals surface area contributed by atoms with Crippen molar-refractivity contribution < 1.29 is 9.84 Å². The van der Waals surface area contributed by atoms with Crippen molar-refractivity contribution in [2.75, 3.05) is 6.61 Å². The van der Waals surface area contributed by atoms with Gasteiger partial charge in [0.25, 0.3) is 0 Å². The number of benzene rings is 1. The van der Waals surface area contributed by atoms with Crippen LogP contribution in [-0.2, 0) is 10.3 Å². The topological polar surface area (TPSA) is 29.5 Å². The molecule has 0 aliphatic heterocycles. The standard InChI is InChI=1S/C15H22O2/c1-11(2)17-10-15(16)9-8-12(3)13-6-4-5-7-14(13)15/h4-7,11-12,16H,8-10H2,1-3H3. The summed E-state index contributed by atoms with van der Waals surface area (Å²) >= 11 is 0. The van der Waals surface area contributed by atoms with Crippen molar-refractivity contribution >= 4 is 0 Å². The summed E-state index contributed by atoms with van der Waals surface area (Å²) in [7, 11) is 0. The van der Waals surface area contributed by atoms with Gasteiger partial charge in [-0.3, -0.25) is 0 Å². The Labute approximate surface area is 104 Å². The molecule has 0 heterocycles. The molecule has 94 valence electrons. The molecule has 2 heteroatoms. The minimum atomic E-state index is -0.798. The van der Waals surface area contributed by atoms with E-state index in [1.165, 1.54) is 5.56 Å². The first kappa shape index (κ1) is 12.6. The van der Waals surface area contributed by atoms with Gasteiger partial charge in [0, 0.05) is 0 Å². The molecule has 1 aromatic carbocycles. The zero-order valence-corrected chi connectivity index (χ0v) is 10.9. The maximum atomic E-state index is 10.8. The Bertz CT molecular complexity index is 386. The van der Waals surface area contributed by atoms with E-state index in [0.29, 0.717) is 12.5 Å². The molecule has 17 heavy (non-hydrogen) atoms. The first-order chi connectivity index (χ1) is 8.03. The van der Waals surface area contributed by atoms with Crippen LogP contribution in [0.25, 0.3) is 0 Å². The summed E-state index contributed by atoms with van der Waals surface area (Å²) < 4.78 is 5.63. The highest BCUT2D eigenvalue weighted by Gasteiger charge is 2.37. The van der Waals surface area contributed by atoms with Crippen LogP contribution in [0.5, 0.6) is 0 Å². The molecule has 1 N–H and O–H groups in total. The Morgan fingerprint density at radius 1 is 1.41 bits per heavy atom. The number of hydrogen-bond acceptors (Lipinski definition) is 2. The fourth-order valence-electron chi connectivity index (χ4n) is 2.55. The van der Waals surface area contributed by atoms with Gasteiger partial charge in [0.05, 0.1) is 12.7 Å². The normalized spacial score (nSPS) is 28.2. The molecule has 2 atom stereocenters. The van der Waals surface area contributed by atoms with E-state index in [4.69, 9.17) is 4.74 Å². The molecule has 1 aliphatic rings. The first-order valence-corrected chi connectivity index (χ1v) is 6.46. The lowest BCUT2D eigenvalue weighted by molar-refractivity contribution is -0.0798. The van der Waals surface area contributed by atoms with Crippen molar-refractivity contribution in [3.63, 3.8) is 0 Å². The van der Waals surface area contributed by atoms with E-state index < -0.39 is 5.60 Å². The molecule has 2 nitrogen and oxygen atoms in total. The van der Waals surface area contributed by atoms with E-state index in [2.05, 4.69) is 13.0 Å². The fraction of sp³-hybridized carbons (Fsp3) is 0.600. The quantitative estimate of drug-likeness (QED) is 0.870. The number of rotatable bonds is 3. The molecule has 2 unspecified atom stereocenters. The Morgan fingerprint density at radius 3 is 2.82 bits per heavy atom. The summed E-state index contributed by atoms with van der Waals surface area (Å²) in [6.07, 6.45) is 1.97. The average molecular weight is 234 g/mol. The average Bonchev–Trinajstić information content (AvgIpc) is 2.32. The van der Waals surface area contributed by atoms with Crippen LogP contribution in [-0.4, -0.2) is 17.8 Å². The lowest BCUT2D eigenvalue weighted by Crippen LogP contribution is -2.37. The maximum Gasteiger partial charge on any atom is 0.113 e. The van der Waals surface area contributed by atoms with Gasteiger partial charge in [0.2, 0.25) is 0 Å². The van der Waals surface area contributed by atoms with Crippen LogP contribution in [0.4, 0.5) is 0 Å². The number of fused-ring (bicyclic) bond motifs is 1. The van der Waals surface area contributed by atoms with Crippen molar-refractivity contribution in [2.45, 2.75) is 51.2 Å². The van der Waals surface area contributed by atoms with Crippen LogP contribution in [0.1, 0.15) is 50.7 Å². The first-order valence-electron chi connectivity index (χ1n) is 6.46. The molecule has 0 spiro atoms. The van der Waals surface area contributed by atoms with Crippen molar-refractivity contribution in [3.8, 4) is 0 Å². The molecule has 1 aliphatic carbocycles. The van der Waals surface area contributed by atoms with Gasteiger partial charge in [-0.2, -0.15) is 0 Å². The Balaban J connectivity index is 2.28. The van der Waals surface area contributed by atoms with Crippen LogP contribution in [0.2, 0.25) is 0 Å².